The van der Waals surface area contributed by atoms with Gasteiger partial charge in [0.1, 0.15) is 0 Å². The van der Waals surface area contributed by atoms with Crippen LogP contribution in [0.2, 0.25) is 0 Å². The SMILES string of the molecule is O=C(O)c1csc(NC(=O)C2COCCO2)c1. The van der Waals surface area contributed by atoms with E-state index in [1.54, 1.807) is 0 Å². The third-order valence-electron chi connectivity index (χ3n) is 2.20. The monoisotopic (exact) mass is 257 g/mol. The molecule has 0 saturated carbocycles. The standard InChI is InChI=1S/C10H11NO5S/c12-9(7-4-15-1-2-16-7)11-8-3-6(5-17-8)10(13)14/h3,5,7H,1-2,4H2,(H,11,12)(H,13,14). The largest absolute Gasteiger partial charge is 0.478 e. The van der Waals surface area contributed by atoms with Crippen molar-refractivity contribution in [1.29, 1.82) is 0 Å². The fourth-order valence-electron chi connectivity index (χ4n) is 1.36. The minimum absolute atomic E-state index is 0.158. The number of ether oxygens (including phenoxy) is 2. The first-order valence-electron chi connectivity index (χ1n) is 4.99. The number of rotatable bonds is 3. The highest BCUT2D eigenvalue weighted by molar-refractivity contribution is 7.14. The second-order valence-electron chi connectivity index (χ2n) is 3.43. The average Bonchev–Trinajstić information content (AvgIpc) is 2.79. The van der Waals surface area contributed by atoms with Crippen LogP contribution in [0.3, 0.4) is 0 Å². The van der Waals surface area contributed by atoms with Crippen molar-refractivity contribution in [3.8, 4) is 0 Å². The minimum Gasteiger partial charge on any atom is -0.478 e. The highest BCUT2D eigenvalue weighted by Gasteiger charge is 2.23. The Morgan fingerprint density at radius 3 is 2.88 bits per heavy atom. The van der Waals surface area contributed by atoms with Crippen LogP contribution in [-0.2, 0) is 14.3 Å². The molecule has 0 bridgehead atoms. The Labute approximate surface area is 101 Å². The summed E-state index contributed by atoms with van der Waals surface area (Å²) >= 11 is 1.16. The Morgan fingerprint density at radius 1 is 1.47 bits per heavy atom. The van der Waals surface area contributed by atoms with E-state index >= 15 is 0 Å². The number of aromatic carboxylic acids is 1. The van der Waals surface area contributed by atoms with Crippen molar-refractivity contribution in [2.45, 2.75) is 6.10 Å². The Hall–Kier alpha value is -1.44. The van der Waals surface area contributed by atoms with Gasteiger partial charge in [-0.05, 0) is 6.07 Å². The fourth-order valence-corrected chi connectivity index (χ4v) is 2.13. The number of hydrogen-bond acceptors (Lipinski definition) is 5. The van der Waals surface area contributed by atoms with Crippen molar-refractivity contribution in [3.63, 3.8) is 0 Å². The van der Waals surface area contributed by atoms with Crippen LogP contribution in [0.15, 0.2) is 11.4 Å². The molecule has 1 unspecified atom stereocenters. The summed E-state index contributed by atoms with van der Waals surface area (Å²) in [5.41, 5.74) is 0.158. The number of nitrogens with one attached hydrogen (secondary N) is 1. The Balaban J connectivity index is 1.94. The first-order valence-corrected chi connectivity index (χ1v) is 5.87. The Kier molecular flexibility index (Phi) is 3.72. The van der Waals surface area contributed by atoms with Crippen LogP contribution in [0.1, 0.15) is 10.4 Å². The lowest BCUT2D eigenvalue weighted by Crippen LogP contribution is -2.38. The third kappa shape index (κ3) is 3.02. The van der Waals surface area contributed by atoms with E-state index in [0.717, 1.165) is 11.3 Å². The van der Waals surface area contributed by atoms with Gasteiger partial charge in [-0.1, -0.05) is 0 Å². The molecular formula is C10H11NO5S. The number of carboxylic acids is 1. The van der Waals surface area contributed by atoms with Gasteiger partial charge >= 0.3 is 5.97 Å². The average molecular weight is 257 g/mol. The fraction of sp³-hybridized carbons (Fsp3) is 0.400. The second kappa shape index (κ2) is 5.26. The van der Waals surface area contributed by atoms with Crippen LogP contribution in [0.4, 0.5) is 5.00 Å². The molecule has 0 spiro atoms. The number of amides is 1. The van der Waals surface area contributed by atoms with Crippen LogP contribution < -0.4 is 5.32 Å². The molecule has 2 N–H and O–H groups in total. The van der Waals surface area contributed by atoms with Gasteiger partial charge in [-0.15, -0.1) is 11.3 Å². The molecule has 1 aromatic rings. The van der Waals surface area contributed by atoms with Crippen molar-refractivity contribution in [1.82, 2.24) is 0 Å². The van der Waals surface area contributed by atoms with E-state index in [1.807, 2.05) is 0 Å². The zero-order valence-electron chi connectivity index (χ0n) is 8.84. The number of anilines is 1. The summed E-state index contributed by atoms with van der Waals surface area (Å²) in [5.74, 6) is -1.33. The molecule has 1 aliphatic rings. The van der Waals surface area contributed by atoms with E-state index < -0.39 is 12.1 Å². The summed E-state index contributed by atoms with van der Waals surface area (Å²) in [6.45, 7) is 1.11. The van der Waals surface area contributed by atoms with Crippen molar-refractivity contribution in [3.05, 3.63) is 17.0 Å². The third-order valence-corrected chi connectivity index (χ3v) is 3.05. The minimum atomic E-state index is -1.01. The summed E-state index contributed by atoms with van der Waals surface area (Å²) in [5, 5.41) is 13.3. The van der Waals surface area contributed by atoms with Crippen molar-refractivity contribution >= 4 is 28.2 Å². The summed E-state index contributed by atoms with van der Waals surface area (Å²) in [4.78, 5) is 22.3. The lowest BCUT2D eigenvalue weighted by atomic mass is 10.3. The predicted octanol–water partition coefficient (Wildman–Crippen LogP) is 0.800. The van der Waals surface area contributed by atoms with Gasteiger partial charge in [0.2, 0.25) is 0 Å². The van der Waals surface area contributed by atoms with Crippen LogP contribution >= 0.6 is 11.3 Å². The molecule has 1 atom stereocenters. The van der Waals surface area contributed by atoms with Crippen molar-refractivity contribution < 1.29 is 24.2 Å². The maximum absolute atomic E-state index is 11.7. The normalized spacial score (nSPS) is 19.9. The first-order chi connectivity index (χ1) is 8.16. The molecular weight excluding hydrogens is 246 g/mol. The Morgan fingerprint density at radius 2 is 2.29 bits per heavy atom. The van der Waals surface area contributed by atoms with Gasteiger partial charge in [0, 0.05) is 5.38 Å². The molecule has 0 radical (unpaired) electrons. The van der Waals surface area contributed by atoms with Gasteiger partial charge in [-0.2, -0.15) is 0 Å². The lowest BCUT2D eigenvalue weighted by Gasteiger charge is -2.21. The van der Waals surface area contributed by atoms with Crippen LogP contribution in [0.25, 0.3) is 0 Å². The first kappa shape index (κ1) is 12.0. The molecule has 6 nitrogen and oxygen atoms in total. The van der Waals surface area contributed by atoms with E-state index in [2.05, 4.69) is 5.32 Å². The van der Waals surface area contributed by atoms with E-state index in [-0.39, 0.29) is 18.1 Å². The molecule has 0 aliphatic carbocycles. The van der Waals surface area contributed by atoms with Gasteiger partial charge in [0.15, 0.2) is 6.10 Å². The van der Waals surface area contributed by atoms with Crippen LogP contribution in [0.5, 0.6) is 0 Å². The molecule has 1 amide bonds. The molecule has 17 heavy (non-hydrogen) atoms. The van der Waals surface area contributed by atoms with Gasteiger partial charge in [0.25, 0.3) is 5.91 Å². The number of hydrogen-bond donors (Lipinski definition) is 2. The molecule has 92 valence electrons. The summed E-state index contributed by atoms with van der Waals surface area (Å²) in [6.07, 6.45) is -0.626. The smallest absolute Gasteiger partial charge is 0.336 e. The maximum atomic E-state index is 11.7. The van der Waals surface area contributed by atoms with Crippen LogP contribution in [-0.4, -0.2) is 42.9 Å². The quantitative estimate of drug-likeness (QED) is 0.836. The van der Waals surface area contributed by atoms with E-state index in [0.29, 0.717) is 18.2 Å². The van der Waals surface area contributed by atoms with E-state index in [1.165, 1.54) is 11.4 Å². The zero-order chi connectivity index (χ0) is 12.3. The van der Waals surface area contributed by atoms with Crippen LogP contribution in [0, 0.1) is 0 Å². The molecule has 7 heteroatoms. The molecule has 2 heterocycles. The molecule has 1 fully saturated rings. The van der Waals surface area contributed by atoms with E-state index in [9.17, 15) is 9.59 Å². The van der Waals surface area contributed by atoms with Gasteiger partial charge in [-0.25, -0.2) is 4.79 Å². The van der Waals surface area contributed by atoms with Gasteiger partial charge < -0.3 is 19.9 Å². The molecule has 0 aromatic carbocycles. The topological polar surface area (TPSA) is 84.9 Å². The molecule has 1 aliphatic heterocycles. The number of carbonyl (C=O) groups excluding carboxylic acids is 1. The number of carboxylic acid groups (broad SMARTS) is 1. The Bertz CT molecular complexity index is 424. The highest BCUT2D eigenvalue weighted by atomic mass is 32.1. The number of thiophene rings is 1. The molecule has 2 rings (SSSR count). The van der Waals surface area contributed by atoms with Crippen molar-refractivity contribution in [2.75, 3.05) is 25.1 Å². The second-order valence-corrected chi connectivity index (χ2v) is 4.34. The summed E-state index contributed by atoms with van der Waals surface area (Å²) in [7, 11) is 0. The summed E-state index contributed by atoms with van der Waals surface area (Å²) in [6, 6.07) is 1.41. The molecule has 1 aromatic heterocycles. The predicted molar refractivity (Wildman–Crippen MR) is 60.5 cm³/mol. The maximum Gasteiger partial charge on any atom is 0.336 e. The molecule has 1 saturated heterocycles. The summed E-state index contributed by atoms with van der Waals surface area (Å²) < 4.78 is 10.3. The van der Waals surface area contributed by atoms with Crippen molar-refractivity contribution in [2.24, 2.45) is 0 Å². The zero-order valence-corrected chi connectivity index (χ0v) is 9.66. The number of carbonyl (C=O) groups is 2. The van der Waals surface area contributed by atoms with Gasteiger partial charge in [-0.3, -0.25) is 4.79 Å². The lowest BCUT2D eigenvalue weighted by molar-refractivity contribution is -0.142. The van der Waals surface area contributed by atoms with Gasteiger partial charge in [0.05, 0.1) is 30.4 Å². The van der Waals surface area contributed by atoms with E-state index in [4.69, 9.17) is 14.6 Å². The highest BCUT2D eigenvalue weighted by Crippen LogP contribution is 2.20.